The molecule has 1 fully saturated rings. The van der Waals surface area contributed by atoms with Crippen LogP contribution < -0.4 is 10.6 Å². The number of halogens is 2. The molecule has 0 aromatic carbocycles. The van der Waals surface area contributed by atoms with Gasteiger partial charge >= 0.3 is 0 Å². The van der Waals surface area contributed by atoms with Gasteiger partial charge in [-0.15, -0.1) is 12.4 Å². The van der Waals surface area contributed by atoms with Gasteiger partial charge in [0.2, 0.25) is 11.1 Å². The van der Waals surface area contributed by atoms with Gasteiger partial charge < -0.3 is 15.2 Å². The van der Waals surface area contributed by atoms with Gasteiger partial charge in [0.25, 0.3) is 0 Å². The van der Waals surface area contributed by atoms with Crippen LogP contribution in [0.1, 0.15) is 30.5 Å². The van der Waals surface area contributed by atoms with E-state index in [-0.39, 0.29) is 23.5 Å². The first kappa shape index (κ1) is 16.3. The van der Waals surface area contributed by atoms with Crippen molar-refractivity contribution in [2.24, 2.45) is 0 Å². The molecule has 1 aliphatic rings. The van der Waals surface area contributed by atoms with E-state index < -0.39 is 0 Å². The molecule has 7 heteroatoms. The normalized spacial score (nSPS) is 18.1. The van der Waals surface area contributed by atoms with Crippen LogP contribution in [0.15, 0.2) is 4.52 Å². The fraction of sp³-hybridized carbons (Fsp3) is 0.667. The van der Waals surface area contributed by atoms with Crippen molar-refractivity contribution in [1.29, 1.82) is 0 Å². The number of nitrogens with zero attached hydrogens (tertiary/aromatic N) is 1. The largest absolute Gasteiger partial charge is 0.355 e. The summed E-state index contributed by atoms with van der Waals surface area (Å²) in [6.07, 6.45) is 3.31. The van der Waals surface area contributed by atoms with Crippen LogP contribution in [0, 0.1) is 6.92 Å². The summed E-state index contributed by atoms with van der Waals surface area (Å²) in [5.74, 6) is 0.0420. The summed E-state index contributed by atoms with van der Waals surface area (Å²) in [6.45, 7) is 3.58. The molecule has 1 aromatic rings. The Balaban J connectivity index is 0.00000180. The Hall–Kier alpha value is -0.780. The zero-order valence-electron chi connectivity index (χ0n) is 10.9. The summed E-state index contributed by atoms with van der Waals surface area (Å²) >= 11 is 5.84. The lowest BCUT2D eigenvalue weighted by atomic mass is 10.1. The Morgan fingerprint density at radius 3 is 3.00 bits per heavy atom. The minimum atomic E-state index is 0. The maximum atomic E-state index is 11.7. The number of carbonyl (C=O) groups is 1. The zero-order chi connectivity index (χ0) is 13.0. The first-order valence-electron chi connectivity index (χ1n) is 6.27. The molecular weight excluding hydrogens is 289 g/mol. The van der Waals surface area contributed by atoms with Gasteiger partial charge in [0.15, 0.2) is 0 Å². The minimum Gasteiger partial charge on any atom is -0.355 e. The maximum absolute atomic E-state index is 11.7. The van der Waals surface area contributed by atoms with E-state index in [1.54, 1.807) is 0 Å². The lowest BCUT2D eigenvalue weighted by molar-refractivity contribution is -0.121. The fourth-order valence-corrected chi connectivity index (χ4v) is 2.40. The van der Waals surface area contributed by atoms with Crippen molar-refractivity contribution in [3.63, 3.8) is 0 Å². The predicted molar refractivity (Wildman–Crippen MR) is 75.9 cm³/mol. The molecule has 2 heterocycles. The Morgan fingerprint density at radius 2 is 2.42 bits per heavy atom. The molecule has 2 N–H and O–H groups in total. The van der Waals surface area contributed by atoms with Crippen LogP contribution in [0.25, 0.3) is 0 Å². The highest BCUT2D eigenvalue weighted by molar-refractivity contribution is 6.29. The summed E-state index contributed by atoms with van der Waals surface area (Å²) in [4.78, 5) is 11.7. The second-order valence-electron chi connectivity index (χ2n) is 4.62. The summed E-state index contributed by atoms with van der Waals surface area (Å²) in [7, 11) is 0. The van der Waals surface area contributed by atoms with E-state index in [1.165, 1.54) is 6.42 Å². The number of hydrogen-bond acceptors (Lipinski definition) is 4. The van der Waals surface area contributed by atoms with Crippen molar-refractivity contribution in [2.75, 3.05) is 13.1 Å². The predicted octanol–water partition coefficient (Wildman–Crippen LogP) is 1.86. The zero-order valence-corrected chi connectivity index (χ0v) is 12.4. The van der Waals surface area contributed by atoms with E-state index in [0.29, 0.717) is 25.4 Å². The number of nitrogens with one attached hydrogen (secondary N) is 2. The van der Waals surface area contributed by atoms with Gasteiger partial charge in [-0.1, -0.05) is 5.16 Å². The van der Waals surface area contributed by atoms with Gasteiger partial charge in [0.1, 0.15) is 0 Å². The molecule has 0 radical (unpaired) electrons. The smallest absolute Gasteiger partial charge is 0.229 e. The van der Waals surface area contributed by atoms with Crippen LogP contribution in [-0.2, 0) is 11.2 Å². The summed E-state index contributed by atoms with van der Waals surface area (Å²) < 4.78 is 4.84. The molecule has 1 amide bonds. The molecular formula is C12H19Cl2N3O2. The molecule has 0 aliphatic carbocycles. The number of aryl methyl sites for hydroxylation is 1. The maximum Gasteiger partial charge on any atom is 0.229 e. The quantitative estimate of drug-likeness (QED) is 0.871. The molecule has 19 heavy (non-hydrogen) atoms. The van der Waals surface area contributed by atoms with Crippen molar-refractivity contribution in [3.05, 3.63) is 16.5 Å². The molecule has 0 saturated carbocycles. The minimum absolute atomic E-state index is 0. The van der Waals surface area contributed by atoms with E-state index in [1.807, 2.05) is 6.92 Å². The topological polar surface area (TPSA) is 67.2 Å². The van der Waals surface area contributed by atoms with E-state index in [2.05, 4.69) is 15.8 Å². The van der Waals surface area contributed by atoms with Crippen LogP contribution >= 0.6 is 24.0 Å². The highest BCUT2D eigenvalue weighted by atomic mass is 35.5. The summed E-state index contributed by atoms with van der Waals surface area (Å²) in [5.41, 5.74) is 1.58. The molecule has 1 unspecified atom stereocenters. The Bertz CT molecular complexity index is 398. The van der Waals surface area contributed by atoms with Crippen LogP contribution in [0.3, 0.4) is 0 Å². The Labute approximate surface area is 123 Å². The lowest BCUT2D eigenvalue weighted by Crippen LogP contribution is -2.37. The highest BCUT2D eigenvalue weighted by Gasteiger charge is 2.16. The highest BCUT2D eigenvalue weighted by Crippen LogP contribution is 2.20. The standard InChI is InChI=1S/C12H18ClN3O2.ClH/c1-8-10(12(13)18-16-8)4-5-11(17)15-7-9-3-2-6-14-9;/h9,14H,2-7H2,1H3,(H,15,17);1H. The third-order valence-electron chi connectivity index (χ3n) is 3.25. The molecule has 1 aromatic heterocycles. The second kappa shape index (κ2) is 7.72. The number of amides is 1. The fourth-order valence-electron chi connectivity index (χ4n) is 2.14. The SMILES string of the molecule is Cc1noc(Cl)c1CCC(=O)NCC1CCCN1.Cl. The molecule has 5 nitrogen and oxygen atoms in total. The van der Waals surface area contributed by atoms with Crippen molar-refractivity contribution >= 4 is 29.9 Å². The van der Waals surface area contributed by atoms with Gasteiger partial charge in [0, 0.05) is 24.6 Å². The van der Waals surface area contributed by atoms with E-state index in [9.17, 15) is 4.79 Å². The average molecular weight is 308 g/mol. The summed E-state index contributed by atoms with van der Waals surface area (Å²) in [6, 6.07) is 0.426. The first-order chi connectivity index (χ1) is 8.66. The molecule has 2 rings (SSSR count). The van der Waals surface area contributed by atoms with Gasteiger partial charge in [-0.25, -0.2) is 0 Å². The number of hydrogen-bond donors (Lipinski definition) is 2. The van der Waals surface area contributed by atoms with Gasteiger partial charge in [-0.3, -0.25) is 4.79 Å². The lowest BCUT2D eigenvalue weighted by Gasteiger charge is -2.11. The third-order valence-corrected chi connectivity index (χ3v) is 3.54. The van der Waals surface area contributed by atoms with Crippen LogP contribution in [0.5, 0.6) is 0 Å². The molecule has 0 spiro atoms. The molecule has 0 bridgehead atoms. The van der Waals surface area contributed by atoms with Gasteiger partial charge in [-0.2, -0.15) is 0 Å². The summed E-state index contributed by atoms with van der Waals surface area (Å²) in [5, 5.41) is 10.3. The first-order valence-corrected chi connectivity index (χ1v) is 6.65. The van der Waals surface area contributed by atoms with Crippen LogP contribution in [0.4, 0.5) is 0 Å². The van der Waals surface area contributed by atoms with Gasteiger partial charge in [0.05, 0.1) is 5.69 Å². The molecule has 108 valence electrons. The molecule has 1 aliphatic heterocycles. The van der Waals surface area contributed by atoms with Crippen LogP contribution in [-0.4, -0.2) is 30.2 Å². The number of carbonyl (C=O) groups excluding carboxylic acids is 1. The average Bonchev–Trinajstić information content (AvgIpc) is 2.96. The van der Waals surface area contributed by atoms with Crippen molar-refractivity contribution in [3.8, 4) is 0 Å². The number of rotatable bonds is 5. The Kier molecular flexibility index (Phi) is 6.62. The van der Waals surface area contributed by atoms with Crippen molar-refractivity contribution in [1.82, 2.24) is 15.8 Å². The second-order valence-corrected chi connectivity index (χ2v) is 4.96. The van der Waals surface area contributed by atoms with Gasteiger partial charge in [-0.05, 0) is 44.3 Å². The number of aromatic nitrogens is 1. The molecule has 1 atom stereocenters. The third kappa shape index (κ3) is 4.67. The van der Waals surface area contributed by atoms with E-state index in [0.717, 1.165) is 24.2 Å². The van der Waals surface area contributed by atoms with Crippen molar-refractivity contribution in [2.45, 2.75) is 38.6 Å². The van der Waals surface area contributed by atoms with Crippen LogP contribution in [0.2, 0.25) is 5.22 Å². The van der Waals surface area contributed by atoms with E-state index in [4.69, 9.17) is 16.1 Å². The van der Waals surface area contributed by atoms with E-state index >= 15 is 0 Å². The van der Waals surface area contributed by atoms with Crippen molar-refractivity contribution < 1.29 is 9.32 Å². The molecule has 1 saturated heterocycles. The monoisotopic (exact) mass is 307 g/mol. The Morgan fingerprint density at radius 1 is 1.63 bits per heavy atom.